The summed E-state index contributed by atoms with van der Waals surface area (Å²) >= 11 is 0. The number of anilines is 1. The molecule has 1 N–H and O–H groups in total. The molecule has 1 amide bonds. The average molecular weight is 632 g/mol. The molecule has 0 fully saturated rings. The summed E-state index contributed by atoms with van der Waals surface area (Å²) in [6.45, 7) is 1.69. The first kappa shape index (κ1) is 31.0. The molecule has 10 nitrogen and oxygen atoms in total. The number of aryl methyl sites for hydroxylation is 1. The van der Waals surface area contributed by atoms with Gasteiger partial charge < -0.3 is 10.1 Å². The van der Waals surface area contributed by atoms with Crippen LogP contribution < -0.4 is 10.1 Å². The summed E-state index contributed by atoms with van der Waals surface area (Å²) in [5, 5.41) is 23.4. The number of esters is 1. The summed E-state index contributed by atoms with van der Waals surface area (Å²) in [7, 11) is 0. The molecular weight excluding hydrogens is 606 g/mol. The van der Waals surface area contributed by atoms with E-state index in [9.17, 15) is 25.0 Å². The van der Waals surface area contributed by atoms with Crippen LogP contribution in [0.5, 0.6) is 5.75 Å². The number of hydrogen-bond donors (Lipinski definition) is 1. The molecular formula is C38H25N5O5. The maximum Gasteiger partial charge on any atom is 0.343 e. The number of nitro groups is 1. The monoisotopic (exact) mass is 631 g/mol. The standard InChI is InChI=1S/C38H25N5O5/c1-24-12-18-32(34(20-24)43(46)47)42-37(44)29(23-39)21-25-13-16-30(17-14-25)48-38(45)28-15-19-31-33(22-28)41-36(27-10-6-3-7-11-27)35(40-31)26-8-4-2-5-9-26/h2-22H,1H3,(H,42,44)/b29-21+. The molecule has 0 radical (unpaired) electrons. The number of nitrogens with one attached hydrogen (secondary N) is 1. The van der Waals surface area contributed by atoms with E-state index in [1.165, 1.54) is 30.3 Å². The number of nitro benzene ring substituents is 1. The summed E-state index contributed by atoms with van der Waals surface area (Å²) in [6, 6.07) is 36.9. The van der Waals surface area contributed by atoms with Crippen molar-refractivity contribution in [1.29, 1.82) is 5.26 Å². The normalized spacial score (nSPS) is 11.0. The summed E-state index contributed by atoms with van der Waals surface area (Å²) in [5.74, 6) is -1.16. The van der Waals surface area contributed by atoms with E-state index in [4.69, 9.17) is 14.7 Å². The molecule has 10 heteroatoms. The molecule has 5 aromatic carbocycles. The van der Waals surface area contributed by atoms with Gasteiger partial charge in [-0.1, -0.05) is 78.9 Å². The number of aromatic nitrogens is 2. The van der Waals surface area contributed by atoms with Gasteiger partial charge in [-0.2, -0.15) is 5.26 Å². The molecule has 0 aliphatic carbocycles. The quantitative estimate of drug-likeness (QED) is 0.0444. The Morgan fingerprint density at radius 2 is 1.44 bits per heavy atom. The Labute approximate surface area is 274 Å². The fourth-order valence-corrected chi connectivity index (χ4v) is 4.98. The molecule has 0 saturated carbocycles. The Balaban J connectivity index is 1.21. The molecule has 0 aliphatic heterocycles. The number of nitriles is 1. The highest BCUT2D eigenvalue weighted by Crippen LogP contribution is 2.31. The van der Waals surface area contributed by atoms with E-state index in [2.05, 4.69) is 5.32 Å². The predicted octanol–water partition coefficient (Wildman–Crippen LogP) is 7.95. The second-order valence-corrected chi connectivity index (χ2v) is 10.7. The predicted molar refractivity (Wildman–Crippen MR) is 182 cm³/mol. The molecule has 6 aromatic rings. The highest BCUT2D eigenvalue weighted by molar-refractivity contribution is 6.10. The minimum atomic E-state index is -0.800. The maximum absolute atomic E-state index is 13.1. The lowest BCUT2D eigenvalue weighted by atomic mass is 10.0. The van der Waals surface area contributed by atoms with Crippen LogP contribution in [0.2, 0.25) is 0 Å². The highest BCUT2D eigenvalue weighted by atomic mass is 16.6. The molecule has 48 heavy (non-hydrogen) atoms. The molecule has 0 bridgehead atoms. The molecule has 0 unspecified atom stereocenters. The topological polar surface area (TPSA) is 148 Å². The van der Waals surface area contributed by atoms with Crippen LogP contribution in [0, 0.1) is 28.4 Å². The van der Waals surface area contributed by atoms with Crippen LogP contribution in [0.1, 0.15) is 21.5 Å². The van der Waals surface area contributed by atoms with E-state index in [-0.39, 0.29) is 28.3 Å². The zero-order valence-electron chi connectivity index (χ0n) is 25.5. The van der Waals surface area contributed by atoms with E-state index in [0.29, 0.717) is 27.9 Å². The number of amides is 1. The summed E-state index contributed by atoms with van der Waals surface area (Å²) in [5.41, 5.74) is 5.22. The van der Waals surface area contributed by atoms with Gasteiger partial charge in [-0.3, -0.25) is 14.9 Å². The van der Waals surface area contributed by atoms with E-state index in [1.807, 2.05) is 66.7 Å². The van der Waals surface area contributed by atoms with Crippen molar-refractivity contribution in [3.05, 3.63) is 154 Å². The first-order valence-corrected chi connectivity index (χ1v) is 14.7. The first-order chi connectivity index (χ1) is 23.3. The fourth-order valence-electron chi connectivity index (χ4n) is 4.98. The number of benzene rings is 5. The van der Waals surface area contributed by atoms with Crippen LogP contribution in [-0.2, 0) is 4.79 Å². The second-order valence-electron chi connectivity index (χ2n) is 10.7. The van der Waals surface area contributed by atoms with Crippen molar-refractivity contribution in [1.82, 2.24) is 9.97 Å². The zero-order valence-corrected chi connectivity index (χ0v) is 25.5. The number of carbonyl (C=O) groups excluding carboxylic acids is 2. The number of ether oxygens (including phenoxy) is 1. The largest absolute Gasteiger partial charge is 0.423 e. The maximum atomic E-state index is 13.1. The van der Waals surface area contributed by atoms with Gasteiger partial charge >= 0.3 is 5.97 Å². The van der Waals surface area contributed by atoms with Crippen LogP contribution in [0.4, 0.5) is 11.4 Å². The van der Waals surface area contributed by atoms with Crippen molar-refractivity contribution in [2.24, 2.45) is 0 Å². The molecule has 232 valence electrons. The lowest BCUT2D eigenvalue weighted by molar-refractivity contribution is -0.384. The second kappa shape index (κ2) is 13.6. The SMILES string of the molecule is Cc1ccc(NC(=O)/C(C#N)=C/c2ccc(OC(=O)c3ccc4nc(-c5ccccc5)c(-c5ccccc5)nc4c3)cc2)c([N+](=O)[O-])c1. The number of fused-ring (bicyclic) bond motifs is 1. The van der Waals surface area contributed by atoms with E-state index >= 15 is 0 Å². The third-order valence-corrected chi connectivity index (χ3v) is 7.36. The van der Waals surface area contributed by atoms with Gasteiger partial charge in [0.1, 0.15) is 23.1 Å². The zero-order chi connectivity index (χ0) is 33.6. The lowest BCUT2D eigenvalue weighted by Gasteiger charge is -2.11. The minimum absolute atomic E-state index is 0.0217. The Kier molecular flexibility index (Phi) is 8.76. The molecule has 0 spiro atoms. The van der Waals surface area contributed by atoms with Gasteiger partial charge in [0, 0.05) is 17.2 Å². The van der Waals surface area contributed by atoms with Crippen molar-refractivity contribution < 1.29 is 19.2 Å². The van der Waals surface area contributed by atoms with Crippen LogP contribution >= 0.6 is 0 Å². The number of hydrogen-bond acceptors (Lipinski definition) is 8. The van der Waals surface area contributed by atoms with E-state index < -0.39 is 16.8 Å². The third kappa shape index (κ3) is 6.80. The number of rotatable bonds is 8. The number of nitrogens with zero attached hydrogens (tertiary/aromatic N) is 4. The Bertz CT molecular complexity index is 2260. The average Bonchev–Trinajstić information content (AvgIpc) is 3.11. The lowest BCUT2D eigenvalue weighted by Crippen LogP contribution is -2.14. The van der Waals surface area contributed by atoms with Gasteiger partial charge in [0.15, 0.2) is 0 Å². The van der Waals surface area contributed by atoms with Crippen molar-refractivity contribution in [3.63, 3.8) is 0 Å². The molecule has 0 atom stereocenters. The third-order valence-electron chi connectivity index (χ3n) is 7.36. The first-order valence-electron chi connectivity index (χ1n) is 14.7. The van der Waals surface area contributed by atoms with Crippen LogP contribution in [-0.4, -0.2) is 26.8 Å². The summed E-state index contributed by atoms with van der Waals surface area (Å²) in [4.78, 5) is 46.5. The van der Waals surface area contributed by atoms with Crippen molar-refractivity contribution in [2.75, 3.05) is 5.32 Å². The van der Waals surface area contributed by atoms with Crippen molar-refractivity contribution >= 4 is 40.4 Å². The summed E-state index contributed by atoms with van der Waals surface area (Å²) < 4.78 is 5.60. The van der Waals surface area contributed by atoms with Crippen LogP contribution in [0.25, 0.3) is 39.6 Å². The highest BCUT2D eigenvalue weighted by Gasteiger charge is 2.19. The number of carbonyl (C=O) groups is 2. The molecule has 0 saturated heterocycles. The Morgan fingerprint density at radius 3 is 2.04 bits per heavy atom. The molecule has 0 aliphatic rings. The Morgan fingerprint density at radius 1 is 0.812 bits per heavy atom. The van der Waals surface area contributed by atoms with Crippen LogP contribution in [0.15, 0.2) is 127 Å². The van der Waals surface area contributed by atoms with Gasteiger partial charge in [-0.05, 0) is 60.5 Å². The van der Waals surface area contributed by atoms with Crippen molar-refractivity contribution in [3.8, 4) is 34.3 Å². The van der Waals surface area contributed by atoms with Crippen LogP contribution in [0.3, 0.4) is 0 Å². The van der Waals surface area contributed by atoms with Gasteiger partial charge in [0.2, 0.25) is 0 Å². The molecule has 1 heterocycles. The molecule has 6 rings (SSSR count). The Hall–Kier alpha value is -6.99. The van der Waals surface area contributed by atoms with Gasteiger partial charge in [-0.15, -0.1) is 0 Å². The molecule has 1 aromatic heterocycles. The van der Waals surface area contributed by atoms with Crippen molar-refractivity contribution in [2.45, 2.75) is 6.92 Å². The minimum Gasteiger partial charge on any atom is -0.423 e. The fraction of sp³-hybridized carbons (Fsp3) is 0.0263. The smallest absolute Gasteiger partial charge is 0.343 e. The summed E-state index contributed by atoms with van der Waals surface area (Å²) in [6.07, 6.45) is 1.33. The van der Waals surface area contributed by atoms with Gasteiger partial charge in [0.05, 0.1) is 32.9 Å². The van der Waals surface area contributed by atoms with E-state index in [0.717, 1.165) is 16.8 Å². The van der Waals surface area contributed by atoms with Gasteiger partial charge in [-0.25, -0.2) is 14.8 Å². The van der Waals surface area contributed by atoms with E-state index in [1.54, 1.807) is 43.3 Å². The van der Waals surface area contributed by atoms with Gasteiger partial charge in [0.25, 0.3) is 11.6 Å².